The van der Waals surface area contributed by atoms with Gasteiger partial charge in [-0.3, -0.25) is 4.79 Å². The zero-order chi connectivity index (χ0) is 15.2. The predicted octanol–water partition coefficient (Wildman–Crippen LogP) is 3.08. The van der Waals surface area contributed by atoms with Gasteiger partial charge in [-0.05, 0) is 45.6 Å². The fraction of sp³-hybridized carbons (Fsp3) is 0.600. The maximum atomic E-state index is 12.2. The first-order valence-electron chi connectivity index (χ1n) is 6.94. The van der Waals surface area contributed by atoms with Crippen LogP contribution in [-0.2, 0) is 0 Å². The van der Waals surface area contributed by atoms with Crippen LogP contribution in [-0.4, -0.2) is 35.0 Å². The van der Waals surface area contributed by atoms with Crippen LogP contribution in [0.1, 0.15) is 43.2 Å². The lowest BCUT2D eigenvalue weighted by Crippen LogP contribution is -2.36. The van der Waals surface area contributed by atoms with E-state index in [2.05, 4.69) is 42.6 Å². The van der Waals surface area contributed by atoms with Crippen LogP contribution in [0.25, 0.3) is 0 Å². The molecule has 0 aromatic carbocycles. The van der Waals surface area contributed by atoms with Crippen molar-refractivity contribution in [3.63, 3.8) is 0 Å². The average molecular weight is 295 g/mol. The van der Waals surface area contributed by atoms with E-state index in [1.54, 1.807) is 11.8 Å². The van der Waals surface area contributed by atoms with Crippen molar-refractivity contribution >= 4 is 23.5 Å². The first-order chi connectivity index (χ1) is 9.38. The van der Waals surface area contributed by atoms with Crippen LogP contribution in [0, 0.1) is 6.92 Å². The van der Waals surface area contributed by atoms with Crippen molar-refractivity contribution in [3.8, 4) is 0 Å². The summed E-state index contributed by atoms with van der Waals surface area (Å²) in [6.07, 6.45) is 3.08. The summed E-state index contributed by atoms with van der Waals surface area (Å²) in [6.45, 7) is 9.73. The molecule has 20 heavy (non-hydrogen) atoms. The van der Waals surface area contributed by atoms with Crippen molar-refractivity contribution in [1.82, 2.24) is 10.3 Å². The Kier molecular flexibility index (Phi) is 6.33. The molecule has 0 spiro atoms. The Balaban J connectivity index is 2.74. The molecular weight excluding hydrogens is 270 g/mol. The topological polar surface area (TPSA) is 54.0 Å². The summed E-state index contributed by atoms with van der Waals surface area (Å²) in [6, 6.07) is 3.63. The number of pyridine rings is 1. The molecule has 5 heteroatoms. The Labute approximate surface area is 126 Å². The van der Waals surface area contributed by atoms with Crippen LogP contribution in [0.3, 0.4) is 0 Å². The number of nitrogens with one attached hydrogen (secondary N) is 2. The van der Waals surface area contributed by atoms with Gasteiger partial charge in [-0.1, -0.05) is 6.92 Å². The Morgan fingerprint density at radius 2 is 2.10 bits per heavy atom. The molecule has 4 nitrogen and oxygen atoms in total. The lowest BCUT2D eigenvalue weighted by Gasteiger charge is -2.22. The number of nitrogens with zero attached hydrogens (tertiary/aromatic N) is 1. The number of carbonyl (C=O) groups excluding carboxylic acids is 1. The molecule has 1 heterocycles. The van der Waals surface area contributed by atoms with Crippen molar-refractivity contribution in [2.24, 2.45) is 0 Å². The van der Waals surface area contributed by atoms with Gasteiger partial charge in [0, 0.05) is 29.1 Å². The van der Waals surface area contributed by atoms with Crippen LogP contribution >= 0.6 is 11.8 Å². The van der Waals surface area contributed by atoms with Gasteiger partial charge in [-0.25, -0.2) is 4.98 Å². The van der Waals surface area contributed by atoms with Gasteiger partial charge in [0.05, 0.1) is 0 Å². The van der Waals surface area contributed by atoms with Crippen LogP contribution in [0.5, 0.6) is 0 Å². The molecule has 0 aliphatic carbocycles. The molecular formula is C15H25N3OS. The highest BCUT2D eigenvalue weighted by Crippen LogP contribution is 2.20. The summed E-state index contributed by atoms with van der Waals surface area (Å²) in [4.78, 5) is 16.6. The minimum absolute atomic E-state index is 0.0427. The monoisotopic (exact) mass is 295 g/mol. The molecule has 0 bridgehead atoms. The van der Waals surface area contributed by atoms with E-state index in [1.807, 2.05) is 19.1 Å². The second-order valence-electron chi connectivity index (χ2n) is 5.46. The average Bonchev–Trinajstić information content (AvgIpc) is 2.42. The lowest BCUT2D eigenvalue weighted by molar-refractivity contribution is 0.0950. The molecule has 1 amide bonds. The number of rotatable bonds is 7. The highest BCUT2D eigenvalue weighted by atomic mass is 32.2. The Morgan fingerprint density at radius 1 is 1.40 bits per heavy atom. The highest BCUT2D eigenvalue weighted by Gasteiger charge is 2.18. The fourth-order valence-corrected chi connectivity index (χ4v) is 1.83. The van der Waals surface area contributed by atoms with E-state index in [0.717, 1.165) is 24.5 Å². The summed E-state index contributed by atoms with van der Waals surface area (Å²) in [7, 11) is 0. The van der Waals surface area contributed by atoms with Gasteiger partial charge in [0.25, 0.3) is 5.91 Å². The molecule has 2 N–H and O–H groups in total. The fourth-order valence-electron chi connectivity index (χ4n) is 1.61. The van der Waals surface area contributed by atoms with Gasteiger partial charge in [0.15, 0.2) is 0 Å². The van der Waals surface area contributed by atoms with E-state index in [9.17, 15) is 4.79 Å². The molecule has 0 unspecified atom stereocenters. The second-order valence-corrected chi connectivity index (χ2v) is 6.97. The Bertz CT molecular complexity index is 460. The van der Waals surface area contributed by atoms with Crippen LogP contribution in [0.4, 0.5) is 5.82 Å². The SMILES string of the molecule is CCCNc1cc(C(=O)NCC(C)(C)SC)cc(C)n1. The Hall–Kier alpha value is -1.23. The van der Waals surface area contributed by atoms with Crippen molar-refractivity contribution in [1.29, 1.82) is 0 Å². The van der Waals surface area contributed by atoms with Crippen molar-refractivity contribution < 1.29 is 4.79 Å². The molecule has 0 aliphatic rings. The maximum Gasteiger partial charge on any atom is 0.251 e. The molecule has 1 aromatic rings. The zero-order valence-electron chi connectivity index (χ0n) is 13.0. The van der Waals surface area contributed by atoms with E-state index in [0.29, 0.717) is 12.1 Å². The van der Waals surface area contributed by atoms with Gasteiger partial charge in [0.2, 0.25) is 0 Å². The van der Waals surface area contributed by atoms with Gasteiger partial charge in [-0.15, -0.1) is 0 Å². The first kappa shape index (κ1) is 16.8. The summed E-state index contributed by atoms with van der Waals surface area (Å²) in [5, 5.41) is 6.20. The third kappa shape index (κ3) is 5.41. The quantitative estimate of drug-likeness (QED) is 0.811. The molecule has 1 rings (SSSR count). The number of hydrogen-bond donors (Lipinski definition) is 2. The molecule has 0 radical (unpaired) electrons. The molecule has 1 aromatic heterocycles. The first-order valence-corrected chi connectivity index (χ1v) is 8.16. The van der Waals surface area contributed by atoms with Crippen molar-refractivity contribution in [2.45, 2.75) is 38.9 Å². The molecule has 0 atom stereocenters. The number of amides is 1. The van der Waals surface area contributed by atoms with Crippen molar-refractivity contribution in [3.05, 3.63) is 23.4 Å². The molecule has 0 saturated carbocycles. The lowest BCUT2D eigenvalue weighted by atomic mass is 10.1. The van der Waals surface area contributed by atoms with Gasteiger partial charge in [-0.2, -0.15) is 11.8 Å². The number of hydrogen-bond acceptors (Lipinski definition) is 4. The Morgan fingerprint density at radius 3 is 2.70 bits per heavy atom. The van der Waals surface area contributed by atoms with Crippen LogP contribution < -0.4 is 10.6 Å². The van der Waals surface area contributed by atoms with Crippen LogP contribution in [0.15, 0.2) is 12.1 Å². The molecule has 0 saturated heterocycles. The van der Waals surface area contributed by atoms with Gasteiger partial charge < -0.3 is 10.6 Å². The van der Waals surface area contributed by atoms with E-state index in [4.69, 9.17) is 0 Å². The summed E-state index contributed by atoms with van der Waals surface area (Å²) >= 11 is 1.74. The minimum atomic E-state index is -0.0443. The standard InChI is InChI=1S/C15H25N3OS/c1-6-7-16-13-9-12(8-11(2)18-13)14(19)17-10-15(3,4)20-5/h8-9H,6-7,10H2,1-5H3,(H,16,18)(H,17,19). The number of aromatic nitrogens is 1. The number of carbonyl (C=O) groups is 1. The van der Waals surface area contributed by atoms with E-state index in [1.165, 1.54) is 0 Å². The van der Waals surface area contributed by atoms with Crippen LogP contribution in [0.2, 0.25) is 0 Å². The molecule has 0 fully saturated rings. The second kappa shape index (κ2) is 7.53. The maximum absolute atomic E-state index is 12.2. The van der Waals surface area contributed by atoms with E-state index in [-0.39, 0.29) is 10.7 Å². The van der Waals surface area contributed by atoms with Gasteiger partial charge >= 0.3 is 0 Å². The predicted molar refractivity (Wildman–Crippen MR) is 87.7 cm³/mol. The third-order valence-electron chi connectivity index (χ3n) is 3.00. The third-order valence-corrected chi connectivity index (χ3v) is 4.25. The van der Waals surface area contributed by atoms with E-state index < -0.39 is 0 Å². The largest absolute Gasteiger partial charge is 0.370 e. The smallest absolute Gasteiger partial charge is 0.251 e. The molecule has 0 aliphatic heterocycles. The molecule has 112 valence electrons. The van der Waals surface area contributed by atoms with Gasteiger partial charge in [0.1, 0.15) is 5.82 Å². The summed E-state index contributed by atoms with van der Waals surface area (Å²) in [5.41, 5.74) is 1.51. The normalized spacial score (nSPS) is 11.2. The highest BCUT2D eigenvalue weighted by molar-refractivity contribution is 7.99. The zero-order valence-corrected chi connectivity index (χ0v) is 13.9. The number of anilines is 1. The van der Waals surface area contributed by atoms with E-state index >= 15 is 0 Å². The summed E-state index contributed by atoms with van der Waals surface area (Å²) < 4.78 is 0.0427. The minimum Gasteiger partial charge on any atom is -0.370 e. The summed E-state index contributed by atoms with van der Waals surface area (Å²) in [5.74, 6) is 0.721. The number of aryl methyl sites for hydroxylation is 1. The number of thioether (sulfide) groups is 1. The van der Waals surface area contributed by atoms with Crippen molar-refractivity contribution in [2.75, 3.05) is 24.7 Å².